The van der Waals surface area contributed by atoms with Gasteiger partial charge in [0, 0.05) is 52.9 Å². The number of fused-ring (bicyclic) bond motifs is 16. The summed E-state index contributed by atoms with van der Waals surface area (Å²) in [4.78, 5) is 12.6. The monoisotopic (exact) mass is 835 g/mol. The van der Waals surface area contributed by atoms with Gasteiger partial charge < -0.3 is 4.42 Å². The highest BCUT2D eigenvalue weighted by atomic mass is 32.1. The van der Waals surface area contributed by atoms with Crippen molar-refractivity contribution in [3.8, 4) is 28.3 Å². The Hall–Kier alpha value is -7.86. The first kappa shape index (κ1) is 35.7. The van der Waals surface area contributed by atoms with E-state index in [4.69, 9.17) is 14.4 Å². The lowest BCUT2D eigenvalue weighted by Gasteiger charge is -2.30. The van der Waals surface area contributed by atoms with Crippen molar-refractivity contribution in [2.24, 2.45) is 0 Å². The molecule has 300 valence electrons. The summed E-state index contributed by atoms with van der Waals surface area (Å²) in [5.74, 6) is 0.603. The summed E-state index contributed by atoms with van der Waals surface area (Å²) in [5, 5.41) is 11.4. The first-order valence-corrected chi connectivity index (χ1v) is 22.8. The van der Waals surface area contributed by atoms with Crippen molar-refractivity contribution in [1.29, 1.82) is 0 Å². The molecule has 0 bridgehead atoms. The van der Waals surface area contributed by atoms with Gasteiger partial charge in [-0.25, -0.2) is 9.97 Å². The third-order valence-corrected chi connectivity index (χ3v) is 15.0. The fraction of sp³-hybridized carbons (Fsp3) is 0.0508. The predicted molar refractivity (Wildman–Crippen MR) is 269 cm³/mol. The second kappa shape index (κ2) is 13.3. The van der Waals surface area contributed by atoms with Gasteiger partial charge in [0.05, 0.1) is 16.7 Å². The maximum Gasteiger partial charge on any atom is 0.235 e. The Morgan fingerprint density at radius 1 is 0.562 bits per heavy atom. The van der Waals surface area contributed by atoms with Gasteiger partial charge in [-0.15, -0.1) is 11.3 Å². The first-order chi connectivity index (χ1) is 31.6. The van der Waals surface area contributed by atoms with Gasteiger partial charge in [-0.3, -0.25) is 4.57 Å². The van der Waals surface area contributed by atoms with E-state index in [0.29, 0.717) is 5.95 Å². The molecule has 9 aromatic carbocycles. The maximum atomic E-state index is 7.31. The molecular formula is C59H37N3OS. The van der Waals surface area contributed by atoms with Crippen molar-refractivity contribution < 1.29 is 4.42 Å². The van der Waals surface area contributed by atoms with Crippen LogP contribution >= 0.6 is 11.3 Å². The molecule has 4 aromatic heterocycles. The largest absolute Gasteiger partial charge is 0.454 e. The Bertz CT molecular complexity index is 4130. The van der Waals surface area contributed by atoms with Crippen LogP contribution in [-0.2, 0) is 11.8 Å². The number of para-hydroxylation sites is 1. The van der Waals surface area contributed by atoms with Crippen molar-refractivity contribution in [2.45, 2.75) is 18.8 Å². The minimum Gasteiger partial charge on any atom is -0.454 e. The highest BCUT2D eigenvalue weighted by Gasteiger charge is 2.32. The zero-order chi connectivity index (χ0) is 42.1. The Balaban J connectivity index is 1.06. The number of hydrogen-bond donors (Lipinski definition) is 0. The van der Waals surface area contributed by atoms with Crippen LogP contribution in [0.5, 0.6) is 0 Å². The lowest BCUT2D eigenvalue weighted by molar-refractivity contribution is 0.589. The molecule has 5 heteroatoms. The average Bonchev–Trinajstić information content (AvgIpc) is 4.04. The molecule has 0 N–H and O–H groups in total. The molecule has 13 aromatic rings. The van der Waals surface area contributed by atoms with E-state index in [1.165, 1.54) is 36.9 Å². The van der Waals surface area contributed by atoms with Crippen molar-refractivity contribution in [3.05, 3.63) is 204 Å². The van der Waals surface area contributed by atoms with Crippen LogP contribution in [0.25, 0.3) is 121 Å². The normalized spacial score (nSPS) is 15.2. The van der Waals surface area contributed by atoms with Crippen LogP contribution in [0, 0.1) is 0 Å². The predicted octanol–water partition coefficient (Wildman–Crippen LogP) is 16.0. The maximum absolute atomic E-state index is 7.31. The Kier molecular flexibility index (Phi) is 7.43. The highest BCUT2D eigenvalue weighted by Crippen LogP contribution is 2.48. The van der Waals surface area contributed by atoms with Gasteiger partial charge in [0.15, 0.2) is 5.58 Å². The summed E-state index contributed by atoms with van der Waals surface area (Å²) >= 11 is 1.89. The molecule has 0 fully saturated rings. The fourth-order valence-corrected chi connectivity index (χ4v) is 11.8. The molecule has 0 radical (unpaired) electrons. The molecule has 1 unspecified atom stereocenters. The number of allylic oxidation sites excluding steroid dienone is 1. The quantitative estimate of drug-likeness (QED) is 0.166. The molecule has 1 aliphatic rings. The minimum atomic E-state index is -0.202. The topological polar surface area (TPSA) is 43.9 Å². The zero-order valence-electron chi connectivity index (χ0n) is 34.8. The van der Waals surface area contributed by atoms with E-state index in [0.717, 1.165) is 94.2 Å². The third-order valence-electron chi connectivity index (χ3n) is 13.8. The van der Waals surface area contributed by atoms with Crippen LogP contribution in [0.4, 0.5) is 0 Å². The van der Waals surface area contributed by atoms with E-state index in [2.05, 4.69) is 206 Å². The SMILES string of the molecule is CC1(c2ccc3c(c2)oc2c3c3ccccc3c3c4ccccc4n(-c4nc(-c5cccc(-c6ccccc6)c5)c5ccc6ccccc6c5n4)c23)C=Cc2sc3ccccc3c2C1. The van der Waals surface area contributed by atoms with E-state index >= 15 is 0 Å². The Morgan fingerprint density at radius 3 is 2.14 bits per heavy atom. The van der Waals surface area contributed by atoms with Gasteiger partial charge in [-0.2, -0.15) is 0 Å². The van der Waals surface area contributed by atoms with Gasteiger partial charge >= 0.3 is 0 Å². The second-order valence-electron chi connectivity index (χ2n) is 17.5. The van der Waals surface area contributed by atoms with Gasteiger partial charge in [0.2, 0.25) is 5.95 Å². The van der Waals surface area contributed by atoms with Gasteiger partial charge in [0.25, 0.3) is 0 Å². The molecule has 1 atom stereocenters. The molecule has 14 rings (SSSR count). The van der Waals surface area contributed by atoms with E-state index in [1.807, 2.05) is 11.3 Å². The molecule has 0 spiro atoms. The van der Waals surface area contributed by atoms with Gasteiger partial charge in [-0.1, -0.05) is 165 Å². The minimum absolute atomic E-state index is 0.202. The number of nitrogens with zero attached hydrogens (tertiary/aromatic N) is 3. The molecule has 0 saturated heterocycles. The van der Waals surface area contributed by atoms with Crippen LogP contribution in [0.15, 0.2) is 192 Å². The lowest BCUT2D eigenvalue weighted by Crippen LogP contribution is -2.24. The number of aromatic nitrogens is 3. The van der Waals surface area contributed by atoms with Crippen LogP contribution in [0.1, 0.15) is 22.9 Å². The summed E-state index contributed by atoms with van der Waals surface area (Å²) in [6, 6.07) is 65.4. The van der Waals surface area contributed by atoms with E-state index in [-0.39, 0.29) is 5.41 Å². The first-order valence-electron chi connectivity index (χ1n) is 21.9. The number of rotatable bonds is 4. The highest BCUT2D eigenvalue weighted by molar-refractivity contribution is 7.20. The van der Waals surface area contributed by atoms with Crippen molar-refractivity contribution >= 4 is 104 Å². The number of benzene rings is 9. The lowest BCUT2D eigenvalue weighted by atomic mass is 9.74. The number of thiophene rings is 1. The van der Waals surface area contributed by atoms with E-state index < -0.39 is 0 Å². The fourth-order valence-electron chi connectivity index (χ4n) is 10.7. The average molecular weight is 836 g/mol. The van der Waals surface area contributed by atoms with Crippen LogP contribution in [0.2, 0.25) is 0 Å². The van der Waals surface area contributed by atoms with Crippen LogP contribution < -0.4 is 0 Å². The zero-order valence-corrected chi connectivity index (χ0v) is 35.7. The summed E-state index contributed by atoms with van der Waals surface area (Å²) in [6.07, 6.45) is 5.66. The molecule has 1 aliphatic carbocycles. The third kappa shape index (κ3) is 5.10. The van der Waals surface area contributed by atoms with E-state index in [9.17, 15) is 0 Å². The van der Waals surface area contributed by atoms with Gasteiger partial charge in [-0.05, 0) is 86.6 Å². The summed E-state index contributed by atoms with van der Waals surface area (Å²) in [7, 11) is 0. The smallest absolute Gasteiger partial charge is 0.235 e. The van der Waals surface area contributed by atoms with Crippen molar-refractivity contribution in [3.63, 3.8) is 0 Å². The Labute approximate surface area is 372 Å². The summed E-state index contributed by atoms with van der Waals surface area (Å²) in [5.41, 5.74) is 11.3. The molecule has 4 nitrogen and oxygen atoms in total. The van der Waals surface area contributed by atoms with Crippen molar-refractivity contribution in [2.75, 3.05) is 0 Å². The number of hydrogen-bond acceptors (Lipinski definition) is 4. The number of furan rings is 1. The standard InChI is InChI=1S/C59H37N3OS/c1-59(31-30-51-47(34-59)41-20-10-12-25-50(41)64-51)39-27-29-45-49(33-39)63-57-53(45)43-22-8-7-21-42(43)52-44-23-9-11-24-48(44)62(56(52)57)58-60-54(38-18-13-17-37(32-38)35-14-3-2-4-15-35)46-28-26-36-16-5-6-19-40(36)55(46)61-58/h2-33H,34H2,1H3. The summed E-state index contributed by atoms with van der Waals surface area (Å²) in [6.45, 7) is 2.36. The molecule has 64 heavy (non-hydrogen) atoms. The molecule has 0 saturated carbocycles. The van der Waals surface area contributed by atoms with E-state index in [1.54, 1.807) is 0 Å². The van der Waals surface area contributed by atoms with Crippen LogP contribution in [0.3, 0.4) is 0 Å². The molecular weight excluding hydrogens is 799 g/mol. The van der Waals surface area contributed by atoms with Crippen molar-refractivity contribution in [1.82, 2.24) is 14.5 Å². The van der Waals surface area contributed by atoms with Crippen LogP contribution in [-0.4, -0.2) is 14.5 Å². The second-order valence-corrected chi connectivity index (χ2v) is 18.6. The summed E-state index contributed by atoms with van der Waals surface area (Å²) < 4.78 is 10.9. The molecule has 0 aliphatic heterocycles. The Morgan fingerprint density at radius 2 is 1.27 bits per heavy atom. The molecule has 0 amide bonds. The molecule has 4 heterocycles. The van der Waals surface area contributed by atoms with Gasteiger partial charge in [0.1, 0.15) is 11.1 Å².